The number of hydrogen-bond donors (Lipinski definition) is 0. The van der Waals surface area contributed by atoms with Crippen LogP contribution in [0.2, 0.25) is 0 Å². The number of alkyl halides is 3. The molecule has 0 aliphatic heterocycles. The third-order valence-electron chi connectivity index (χ3n) is 1.93. The van der Waals surface area contributed by atoms with E-state index in [0.717, 1.165) is 0 Å². The number of halogens is 4. The van der Waals surface area contributed by atoms with Crippen LogP contribution in [0, 0.1) is 0 Å². The molecular formula is C7H8ClF3O3S. The highest BCUT2D eigenvalue weighted by Crippen LogP contribution is 2.30. The lowest BCUT2D eigenvalue weighted by Crippen LogP contribution is -2.25. The molecule has 8 heteroatoms. The molecule has 0 N–H and O–H groups in total. The molecule has 0 radical (unpaired) electrons. The van der Waals surface area contributed by atoms with E-state index in [0.29, 0.717) is 0 Å². The van der Waals surface area contributed by atoms with Crippen LogP contribution < -0.4 is 0 Å². The van der Waals surface area contributed by atoms with Gasteiger partial charge in [-0.25, -0.2) is 8.42 Å². The van der Waals surface area contributed by atoms with Crippen molar-refractivity contribution < 1.29 is 26.3 Å². The molecule has 15 heavy (non-hydrogen) atoms. The third kappa shape index (κ3) is 4.40. The fraction of sp³-hybridized carbons (Fsp3) is 0.714. The normalized spacial score (nSPS) is 23.7. The lowest BCUT2D eigenvalue weighted by Gasteiger charge is -2.21. The van der Waals surface area contributed by atoms with Crippen molar-refractivity contribution >= 4 is 19.7 Å². The summed E-state index contributed by atoms with van der Waals surface area (Å²) in [6.45, 7) is 0. The Morgan fingerprint density at radius 2 is 2.07 bits per heavy atom. The molecule has 88 valence electrons. The minimum atomic E-state index is -4.68. The van der Waals surface area contributed by atoms with Crippen molar-refractivity contribution in [2.75, 3.05) is 0 Å². The molecule has 1 aliphatic carbocycles. The van der Waals surface area contributed by atoms with Gasteiger partial charge in [0.1, 0.15) is 0 Å². The zero-order valence-electron chi connectivity index (χ0n) is 7.42. The average molecular weight is 265 g/mol. The number of hydrogen-bond acceptors (Lipinski definition) is 3. The molecule has 1 atom stereocenters. The summed E-state index contributed by atoms with van der Waals surface area (Å²) >= 11 is 0. The predicted molar refractivity (Wildman–Crippen MR) is 47.6 cm³/mol. The number of allylic oxidation sites excluding steroid dienone is 1. The Kier molecular flexibility index (Phi) is 3.67. The lowest BCUT2D eigenvalue weighted by atomic mass is 10.0. The van der Waals surface area contributed by atoms with Gasteiger partial charge in [0.05, 0.1) is 11.0 Å². The Balaban J connectivity index is 2.59. The smallest absolute Gasteiger partial charge is 0.288 e. The summed E-state index contributed by atoms with van der Waals surface area (Å²) in [4.78, 5) is -0.0359. The molecule has 0 aromatic rings. The van der Waals surface area contributed by atoms with Crippen LogP contribution in [0.3, 0.4) is 0 Å². The first-order valence-electron chi connectivity index (χ1n) is 4.07. The first-order valence-corrected chi connectivity index (χ1v) is 6.37. The van der Waals surface area contributed by atoms with Crippen molar-refractivity contribution in [1.82, 2.24) is 0 Å². The highest BCUT2D eigenvalue weighted by molar-refractivity contribution is 8.16. The maximum atomic E-state index is 11.8. The van der Waals surface area contributed by atoms with E-state index in [2.05, 4.69) is 4.74 Å². The van der Waals surface area contributed by atoms with Gasteiger partial charge in [-0.3, -0.25) is 4.74 Å². The van der Waals surface area contributed by atoms with Gasteiger partial charge in [-0.1, -0.05) is 6.08 Å². The van der Waals surface area contributed by atoms with Crippen LogP contribution in [-0.4, -0.2) is 20.9 Å². The van der Waals surface area contributed by atoms with E-state index in [1.165, 1.54) is 6.08 Å². The first-order chi connectivity index (χ1) is 6.68. The fourth-order valence-corrected chi connectivity index (χ4v) is 2.38. The van der Waals surface area contributed by atoms with E-state index >= 15 is 0 Å². The summed E-state index contributed by atoms with van der Waals surface area (Å²) in [6.07, 6.45) is -4.66. The van der Waals surface area contributed by atoms with Gasteiger partial charge in [0, 0.05) is 10.7 Å². The van der Waals surface area contributed by atoms with Crippen molar-refractivity contribution in [2.45, 2.75) is 31.7 Å². The van der Waals surface area contributed by atoms with Crippen LogP contribution in [-0.2, 0) is 13.8 Å². The Hall–Kier alpha value is -0.270. The molecule has 1 rings (SSSR count). The fourth-order valence-electron chi connectivity index (χ4n) is 1.30. The molecule has 0 fully saturated rings. The number of ether oxygens (including phenoxy) is 1. The van der Waals surface area contributed by atoms with Crippen LogP contribution in [0.25, 0.3) is 0 Å². The van der Waals surface area contributed by atoms with E-state index in [4.69, 9.17) is 10.7 Å². The molecule has 0 spiro atoms. The third-order valence-corrected chi connectivity index (χ3v) is 3.53. The van der Waals surface area contributed by atoms with E-state index in [9.17, 15) is 21.6 Å². The van der Waals surface area contributed by atoms with Crippen LogP contribution >= 0.6 is 10.7 Å². The maximum Gasteiger partial charge on any atom is 0.522 e. The minimum absolute atomic E-state index is 0.00269. The van der Waals surface area contributed by atoms with Gasteiger partial charge >= 0.3 is 6.36 Å². The Labute approximate surface area is 89.3 Å². The van der Waals surface area contributed by atoms with E-state index < -0.39 is 21.5 Å². The first kappa shape index (κ1) is 12.8. The zero-order chi connectivity index (χ0) is 11.7. The van der Waals surface area contributed by atoms with Crippen molar-refractivity contribution in [3.63, 3.8) is 0 Å². The lowest BCUT2D eigenvalue weighted by molar-refractivity contribution is -0.343. The summed E-state index contributed by atoms with van der Waals surface area (Å²) in [5.41, 5.74) is 0. The summed E-state index contributed by atoms with van der Waals surface area (Å²) in [5.74, 6) is 0. The molecule has 0 saturated heterocycles. The van der Waals surface area contributed by atoms with E-state index in [-0.39, 0.29) is 24.2 Å². The van der Waals surface area contributed by atoms with E-state index in [1.807, 2.05) is 0 Å². The highest BCUT2D eigenvalue weighted by Gasteiger charge is 2.34. The summed E-state index contributed by atoms with van der Waals surface area (Å²) < 4.78 is 60.7. The zero-order valence-corrected chi connectivity index (χ0v) is 8.99. The largest absolute Gasteiger partial charge is 0.522 e. The van der Waals surface area contributed by atoms with E-state index in [1.54, 1.807) is 0 Å². The van der Waals surface area contributed by atoms with Crippen molar-refractivity contribution in [1.29, 1.82) is 0 Å². The molecule has 0 bridgehead atoms. The standard InChI is InChI=1S/C7H8ClF3O3S/c8-15(12,13)6-3-1-5(2-4-6)14-7(9,10)11/h3,5H,1-2,4H2. The molecule has 1 aliphatic rings. The SMILES string of the molecule is O=S(=O)(Cl)C1=CCC(OC(F)(F)F)CC1. The molecule has 0 amide bonds. The van der Waals surface area contributed by atoms with Gasteiger partial charge in [0.15, 0.2) is 0 Å². The Bertz CT molecular complexity index is 360. The van der Waals surface area contributed by atoms with Gasteiger partial charge in [0.25, 0.3) is 9.05 Å². The molecule has 1 unspecified atom stereocenters. The topological polar surface area (TPSA) is 43.4 Å². The summed E-state index contributed by atoms with van der Waals surface area (Å²) in [7, 11) is 1.24. The van der Waals surface area contributed by atoms with Gasteiger partial charge in [0.2, 0.25) is 0 Å². The van der Waals surface area contributed by atoms with Crippen molar-refractivity contribution in [3.05, 3.63) is 11.0 Å². The molecule has 3 nitrogen and oxygen atoms in total. The quantitative estimate of drug-likeness (QED) is 0.720. The molecule has 0 aromatic carbocycles. The molecular weight excluding hydrogens is 257 g/mol. The van der Waals surface area contributed by atoms with Crippen LogP contribution in [0.15, 0.2) is 11.0 Å². The highest BCUT2D eigenvalue weighted by atomic mass is 35.7. The second-order valence-electron chi connectivity index (χ2n) is 3.07. The van der Waals surface area contributed by atoms with Gasteiger partial charge in [-0.15, -0.1) is 13.2 Å². The monoisotopic (exact) mass is 264 g/mol. The number of rotatable bonds is 2. The van der Waals surface area contributed by atoms with Gasteiger partial charge in [-0.2, -0.15) is 0 Å². The van der Waals surface area contributed by atoms with Crippen molar-refractivity contribution in [2.24, 2.45) is 0 Å². The van der Waals surface area contributed by atoms with Crippen LogP contribution in [0.1, 0.15) is 19.3 Å². The van der Waals surface area contributed by atoms with Gasteiger partial charge in [-0.05, 0) is 19.3 Å². The van der Waals surface area contributed by atoms with Gasteiger partial charge < -0.3 is 0 Å². The summed E-state index contributed by atoms with van der Waals surface area (Å²) in [5, 5.41) is 0. The second-order valence-corrected chi connectivity index (χ2v) is 5.69. The predicted octanol–water partition coefficient (Wildman–Crippen LogP) is 2.53. The molecule has 0 saturated carbocycles. The van der Waals surface area contributed by atoms with Crippen molar-refractivity contribution in [3.8, 4) is 0 Å². The van der Waals surface area contributed by atoms with Crippen LogP contribution in [0.5, 0.6) is 0 Å². The molecule has 0 heterocycles. The average Bonchev–Trinajstić information content (AvgIpc) is 2.00. The Morgan fingerprint density at radius 3 is 2.40 bits per heavy atom. The van der Waals surface area contributed by atoms with Crippen LogP contribution in [0.4, 0.5) is 13.2 Å². The second kappa shape index (κ2) is 4.31. The minimum Gasteiger partial charge on any atom is -0.288 e. The maximum absolute atomic E-state index is 11.8. The Morgan fingerprint density at radius 1 is 1.47 bits per heavy atom. The summed E-state index contributed by atoms with van der Waals surface area (Å²) in [6, 6.07) is 0. The molecule has 0 aromatic heterocycles.